The fraction of sp³-hybridized carbons (Fsp3) is 0.562. The van der Waals surface area contributed by atoms with Gasteiger partial charge in [-0.1, -0.05) is 0 Å². The van der Waals surface area contributed by atoms with E-state index in [9.17, 15) is 9.18 Å². The fourth-order valence-corrected chi connectivity index (χ4v) is 2.68. The molecule has 0 amide bonds. The molecule has 21 heavy (non-hydrogen) atoms. The van der Waals surface area contributed by atoms with E-state index in [1.165, 1.54) is 12.1 Å². The average molecular weight is 295 g/mol. The van der Waals surface area contributed by atoms with Crippen LogP contribution in [0.15, 0.2) is 18.2 Å². The first kappa shape index (κ1) is 15.6. The van der Waals surface area contributed by atoms with E-state index in [0.717, 1.165) is 12.8 Å². The number of benzene rings is 1. The molecule has 0 heterocycles. The molecule has 1 aliphatic carbocycles. The molecule has 0 bridgehead atoms. The maximum absolute atomic E-state index is 13.4. The summed E-state index contributed by atoms with van der Waals surface area (Å²) in [5.41, 5.74) is 0.641. The van der Waals surface area contributed by atoms with Crippen LogP contribution in [0.1, 0.15) is 39.5 Å². The molecule has 2 N–H and O–H groups in total. The molecule has 1 aromatic rings. The Labute approximate surface area is 124 Å². The molecule has 1 saturated carbocycles. The van der Waals surface area contributed by atoms with Gasteiger partial charge in [0.2, 0.25) is 0 Å². The second-order valence-electron chi connectivity index (χ2n) is 5.84. The minimum atomic E-state index is -0.719. The van der Waals surface area contributed by atoms with Gasteiger partial charge in [0.1, 0.15) is 11.6 Å². The third-order valence-corrected chi connectivity index (χ3v) is 3.74. The van der Waals surface area contributed by atoms with Crippen molar-refractivity contribution in [3.63, 3.8) is 0 Å². The first-order valence-electron chi connectivity index (χ1n) is 7.41. The number of anilines is 1. The van der Waals surface area contributed by atoms with Crippen molar-refractivity contribution in [1.29, 1.82) is 0 Å². The summed E-state index contributed by atoms with van der Waals surface area (Å²) in [6.45, 7) is 3.84. The Kier molecular flexibility index (Phi) is 5.04. The van der Waals surface area contributed by atoms with Crippen LogP contribution in [0.25, 0.3) is 0 Å². The molecule has 0 atom stereocenters. The molecular weight excluding hydrogens is 273 g/mol. The zero-order chi connectivity index (χ0) is 15.4. The summed E-state index contributed by atoms with van der Waals surface area (Å²) >= 11 is 0. The minimum absolute atomic E-state index is 0.0127. The van der Waals surface area contributed by atoms with E-state index in [1.54, 1.807) is 6.07 Å². The summed E-state index contributed by atoms with van der Waals surface area (Å²) in [5, 5.41) is 12.3. The van der Waals surface area contributed by atoms with Crippen LogP contribution in [0.3, 0.4) is 0 Å². The van der Waals surface area contributed by atoms with Crippen molar-refractivity contribution < 1.29 is 19.0 Å². The first-order chi connectivity index (χ1) is 9.95. The van der Waals surface area contributed by atoms with Crippen LogP contribution < -0.4 is 10.1 Å². The summed E-state index contributed by atoms with van der Waals surface area (Å²) in [4.78, 5) is 10.9. The van der Waals surface area contributed by atoms with E-state index in [-0.39, 0.29) is 23.9 Å². The number of carboxylic acid groups (broad SMARTS) is 1. The molecule has 4 nitrogen and oxygen atoms in total. The van der Waals surface area contributed by atoms with E-state index < -0.39 is 5.97 Å². The van der Waals surface area contributed by atoms with Crippen LogP contribution >= 0.6 is 0 Å². The lowest BCUT2D eigenvalue weighted by molar-refractivity contribution is -0.142. The number of nitrogens with one attached hydrogen (secondary N) is 1. The molecule has 0 saturated heterocycles. The van der Waals surface area contributed by atoms with Crippen LogP contribution in [0.4, 0.5) is 10.1 Å². The van der Waals surface area contributed by atoms with Crippen molar-refractivity contribution in [2.75, 3.05) is 5.32 Å². The topological polar surface area (TPSA) is 58.6 Å². The van der Waals surface area contributed by atoms with Gasteiger partial charge in [-0.2, -0.15) is 0 Å². The van der Waals surface area contributed by atoms with Gasteiger partial charge in [0, 0.05) is 12.1 Å². The smallest absolute Gasteiger partial charge is 0.306 e. The van der Waals surface area contributed by atoms with Crippen LogP contribution in [-0.2, 0) is 4.79 Å². The summed E-state index contributed by atoms with van der Waals surface area (Å²) < 4.78 is 19.1. The molecular formula is C16H22FNO3. The number of carbonyl (C=O) groups is 1. The van der Waals surface area contributed by atoms with Crippen molar-refractivity contribution in [2.45, 2.75) is 51.7 Å². The van der Waals surface area contributed by atoms with Crippen molar-refractivity contribution in [3.8, 4) is 5.75 Å². The Hall–Kier alpha value is -1.78. The number of ether oxygens (including phenoxy) is 1. The monoisotopic (exact) mass is 295 g/mol. The lowest BCUT2D eigenvalue weighted by Gasteiger charge is -2.28. The number of carboxylic acids is 1. The molecule has 0 aromatic heterocycles. The van der Waals surface area contributed by atoms with Gasteiger partial charge in [-0.05, 0) is 51.7 Å². The Morgan fingerprint density at radius 2 is 2.00 bits per heavy atom. The Morgan fingerprint density at radius 3 is 2.57 bits per heavy atom. The number of rotatable bonds is 5. The van der Waals surface area contributed by atoms with E-state index in [2.05, 4.69) is 5.32 Å². The number of aliphatic carboxylic acids is 1. The molecule has 1 aliphatic rings. The van der Waals surface area contributed by atoms with Gasteiger partial charge < -0.3 is 15.2 Å². The van der Waals surface area contributed by atoms with Gasteiger partial charge in [-0.3, -0.25) is 4.79 Å². The largest absolute Gasteiger partial charge is 0.489 e. The highest BCUT2D eigenvalue weighted by Gasteiger charge is 2.26. The second-order valence-corrected chi connectivity index (χ2v) is 5.84. The molecule has 1 aromatic carbocycles. The Bertz CT molecular complexity index is 496. The predicted octanol–water partition coefficient (Wildman–Crippen LogP) is 3.67. The first-order valence-corrected chi connectivity index (χ1v) is 7.41. The normalized spacial score (nSPS) is 22.1. The van der Waals surface area contributed by atoms with Crippen LogP contribution in [0, 0.1) is 11.7 Å². The average Bonchev–Trinajstić information content (AvgIpc) is 2.42. The molecule has 0 unspecified atom stereocenters. The highest BCUT2D eigenvalue weighted by atomic mass is 19.1. The standard InChI is InChI=1S/C16H22FNO3/c1-10(2)21-15-8-5-12(17)9-14(15)18-13-6-3-11(4-7-13)16(19)20/h5,8-11,13,18H,3-4,6-7H2,1-2H3,(H,19,20). The molecule has 116 valence electrons. The molecule has 5 heteroatoms. The lowest BCUT2D eigenvalue weighted by Crippen LogP contribution is -2.29. The maximum atomic E-state index is 13.4. The number of hydrogen-bond acceptors (Lipinski definition) is 3. The quantitative estimate of drug-likeness (QED) is 0.870. The van der Waals surface area contributed by atoms with Gasteiger partial charge in [0.15, 0.2) is 0 Å². The Morgan fingerprint density at radius 1 is 1.33 bits per heavy atom. The molecule has 1 fully saturated rings. The highest BCUT2D eigenvalue weighted by Crippen LogP contribution is 2.31. The third-order valence-electron chi connectivity index (χ3n) is 3.74. The number of hydrogen-bond donors (Lipinski definition) is 2. The minimum Gasteiger partial charge on any atom is -0.489 e. The van der Waals surface area contributed by atoms with E-state index in [1.807, 2.05) is 13.8 Å². The lowest BCUT2D eigenvalue weighted by atomic mass is 9.86. The fourth-order valence-electron chi connectivity index (χ4n) is 2.68. The summed E-state index contributed by atoms with van der Waals surface area (Å²) in [6.07, 6.45) is 2.87. The third kappa shape index (κ3) is 4.34. The SMILES string of the molecule is CC(C)Oc1ccc(F)cc1NC1CCC(C(=O)O)CC1. The van der Waals surface area contributed by atoms with Gasteiger partial charge in [-0.25, -0.2) is 4.39 Å². The summed E-state index contributed by atoms with van der Waals surface area (Å²) in [6, 6.07) is 4.60. The Balaban J connectivity index is 2.02. The van der Waals surface area contributed by atoms with Crippen LogP contribution in [-0.4, -0.2) is 23.2 Å². The highest BCUT2D eigenvalue weighted by molar-refractivity contribution is 5.70. The van der Waals surface area contributed by atoms with E-state index in [4.69, 9.17) is 9.84 Å². The zero-order valence-electron chi connectivity index (χ0n) is 12.4. The summed E-state index contributed by atoms with van der Waals surface area (Å²) in [7, 11) is 0. The van der Waals surface area contributed by atoms with E-state index in [0.29, 0.717) is 24.3 Å². The van der Waals surface area contributed by atoms with Crippen molar-refractivity contribution in [3.05, 3.63) is 24.0 Å². The second kappa shape index (κ2) is 6.78. The number of halogens is 1. The van der Waals surface area contributed by atoms with Crippen molar-refractivity contribution >= 4 is 11.7 Å². The maximum Gasteiger partial charge on any atom is 0.306 e. The van der Waals surface area contributed by atoms with Gasteiger partial charge in [-0.15, -0.1) is 0 Å². The predicted molar refractivity (Wildman–Crippen MR) is 79.2 cm³/mol. The zero-order valence-corrected chi connectivity index (χ0v) is 12.4. The van der Waals surface area contributed by atoms with Crippen LogP contribution in [0.2, 0.25) is 0 Å². The molecule has 0 aliphatic heterocycles. The molecule has 0 spiro atoms. The van der Waals surface area contributed by atoms with Gasteiger partial charge in [0.05, 0.1) is 17.7 Å². The molecule has 2 rings (SSSR count). The van der Waals surface area contributed by atoms with Gasteiger partial charge in [0.25, 0.3) is 0 Å². The van der Waals surface area contributed by atoms with Gasteiger partial charge >= 0.3 is 5.97 Å². The summed E-state index contributed by atoms with van der Waals surface area (Å²) in [5.74, 6) is -0.649. The van der Waals surface area contributed by atoms with Crippen LogP contribution in [0.5, 0.6) is 5.75 Å². The van der Waals surface area contributed by atoms with Crippen molar-refractivity contribution in [2.24, 2.45) is 5.92 Å². The van der Waals surface area contributed by atoms with E-state index >= 15 is 0 Å². The van der Waals surface area contributed by atoms with Crippen molar-refractivity contribution in [1.82, 2.24) is 0 Å². The molecule has 0 radical (unpaired) electrons.